The average Bonchev–Trinajstić information content (AvgIpc) is 2.01. The summed E-state index contributed by atoms with van der Waals surface area (Å²) in [6, 6.07) is 0.484. The molecule has 0 aromatic rings. The summed E-state index contributed by atoms with van der Waals surface area (Å²) in [5, 5.41) is 0. The second-order valence-corrected chi connectivity index (χ2v) is 5.97. The van der Waals surface area contributed by atoms with Crippen molar-refractivity contribution in [3.63, 3.8) is 0 Å². The van der Waals surface area contributed by atoms with Gasteiger partial charge in [-0.1, -0.05) is 13.8 Å². The zero-order valence-electron chi connectivity index (χ0n) is 9.05. The first-order valence-corrected chi connectivity index (χ1v) is 5.83. The van der Waals surface area contributed by atoms with E-state index in [1.807, 2.05) is 0 Å². The Labute approximate surface area is 82.1 Å². The summed E-state index contributed by atoms with van der Waals surface area (Å²) in [5.41, 5.74) is 6.78. The Kier molecular flexibility index (Phi) is 2.39. The highest BCUT2D eigenvalue weighted by Gasteiger charge is 2.41. The lowest BCUT2D eigenvalue weighted by Crippen LogP contribution is -2.35. The van der Waals surface area contributed by atoms with Crippen molar-refractivity contribution in [2.75, 3.05) is 0 Å². The SMILES string of the molecule is C[C@@H]1C[C@@H](N)CCC2CC(C)(C2)C1. The first-order valence-electron chi connectivity index (χ1n) is 5.83. The maximum atomic E-state index is 6.09. The standard InChI is InChI=1S/C12H23N/c1-9-5-11(13)4-3-10-7-12(2,6-9)8-10/h9-11H,3-8,13H2,1-2H3/t9-,10?,11+,12?/m1/s1. The van der Waals surface area contributed by atoms with E-state index in [4.69, 9.17) is 5.73 Å². The van der Waals surface area contributed by atoms with E-state index in [-0.39, 0.29) is 0 Å². The van der Waals surface area contributed by atoms with Crippen LogP contribution in [0, 0.1) is 17.3 Å². The Balaban J connectivity index is 1.99. The molecule has 3 aliphatic carbocycles. The van der Waals surface area contributed by atoms with E-state index in [2.05, 4.69) is 13.8 Å². The number of hydrogen-bond acceptors (Lipinski definition) is 1. The van der Waals surface area contributed by atoms with Crippen molar-refractivity contribution >= 4 is 0 Å². The fraction of sp³-hybridized carbons (Fsp3) is 1.00. The van der Waals surface area contributed by atoms with Gasteiger partial charge in [0.15, 0.2) is 0 Å². The van der Waals surface area contributed by atoms with Gasteiger partial charge in [0.2, 0.25) is 0 Å². The fourth-order valence-corrected chi connectivity index (χ4v) is 3.71. The van der Waals surface area contributed by atoms with E-state index in [1.54, 1.807) is 0 Å². The molecule has 13 heavy (non-hydrogen) atoms. The van der Waals surface area contributed by atoms with Crippen molar-refractivity contribution in [2.24, 2.45) is 23.0 Å². The highest BCUT2D eigenvalue weighted by molar-refractivity contribution is 4.93. The van der Waals surface area contributed by atoms with Gasteiger partial charge in [0, 0.05) is 6.04 Å². The van der Waals surface area contributed by atoms with Crippen LogP contribution in [0.2, 0.25) is 0 Å². The zero-order valence-corrected chi connectivity index (χ0v) is 9.05. The van der Waals surface area contributed by atoms with Crippen LogP contribution >= 0.6 is 0 Å². The van der Waals surface area contributed by atoms with E-state index in [0.717, 1.165) is 11.8 Å². The van der Waals surface area contributed by atoms with Crippen LogP contribution < -0.4 is 5.73 Å². The van der Waals surface area contributed by atoms with Gasteiger partial charge < -0.3 is 5.73 Å². The molecular formula is C12H23N. The highest BCUT2D eigenvalue weighted by Crippen LogP contribution is 2.52. The zero-order chi connectivity index (χ0) is 9.47. The Morgan fingerprint density at radius 1 is 1.15 bits per heavy atom. The van der Waals surface area contributed by atoms with Gasteiger partial charge in [-0.3, -0.25) is 0 Å². The Morgan fingerprint density at radius 3 is 2.54 bits per heavy atom. The molecule has 0 unspecified atom stereocenters. The van der Waals surface area contributed by atoms with Crippen LogP contribution in [0.3, 0.4) is 0 Å². The Morgan fingerprint density at radius 2 is 1.85 bits per heavy atom. The molecule has 1 heteroatoms. The van der Waals surface area contributed by atoms with Gasteiger partial charge in [0.05, 0.1) is 0 Å². The monoisotopic (exact) mass is 181 g/mol. The summed E-state index contributed by atoms with van der Waals surface area (Å²) in [6.07, 6.45) is 8.28. The lowest BCUT2D eigenvalue weighted by atomic mass is 9.59. The molecule has 3 aliphatic rings. The first-order chi connectivity index (χ1) is 6.07. The van der Waals surface area contributed by atoms with Crippen LogP contribution in [0.15, 0.2) is 0 Å². The van der Waals surface area contributed by atoms with Crippen molar-refractivity contribution in [1.29, 1.82) is 0 Å². The second-order valence-electron chi connectivity index (χ2n) is 5.97. The molecule has 2 bridgehead atoms. The van der Waals surface area contributed by atoms with Crippen LogP contribution in [0.1, 0.15) is 52.4 Å². The molecule has 0 heterocycles. The summed E-state index contributed by atoms with van der Waals surface area (Å²) < 4.78 is 0. The molecule has 0 aliphatic heterocycles. The Bertz CT molecular complexity index is 180. The summed E-state index contributed by atoms with van der Waals surface area (Å²) >= 11 is 0. The predicted octanol–water partition coefficient (Wildman–Crippen LogP) is 2.94. The molecule has 0 aromatic heterocycles. The molecule has 3 rings (SSSR count). The number of rotatable bonds is 0. The van der Waals surface area contributed by atoms with Crippen molar-refractivity contribution in [1.82, 2.24) is 0 Å². The van der Waals surface area contributed by atoms with Crippen molar-refractivity contribution in [2.45, 2.75) is 58.4 Å². The lowest BCUT2D eigenvalue weighted by Gasteiger charge is -2.46. The van der Waals surface area contributed by atoms with Crippen molar-refractivity contribution in [3.8, 4) is 0 Å². The summed E-state index contributed by atoms with van der Waals surface area (Å²) in [6.45, 7) is 4.85. The maximum Gasteiger partial charge on any atom is 0.00414 e. The number of hydrogen-bond donors (Lipinski definition) is 1. The van der Waals surface area contributed by atoms with E-state index < -0.39 is 0 Å². The van der Waals surface area contributed by atoms with Gasteiger partial charge in [-0.05, 0) is 55.8 Å². The third-order valence-electron chi connectivity index (χ3n) is 4.06. The minimum absolute atomic E-state index is 0.484. The van der Waals surface area contributed by atoms with Gasteiger partial charge in [-0.15, -0.1) is 0 Å². The molecule has 76 valence electrons. The van der Waals surface area contributed by atoms with E-state index in [1.165, 1.54) is 38.5 Å². The number of nitrogens with two attached hydrogens (primary N) is 1. The highest BCUT2D eigenvalue weighted by atomic mass is 14.6. The van der Waals surface area contributed by atoms with Crippen molar-refractivity contribution in [3.05, 3.63) is 0 Å². The minimum Gasteiger partial charge on any atom is -0.328 e. The normalized spacial score (nSPS) is 51.5. The molecule has 2 atom stereocenters. The molecule has 1 nitrogen and oxygen atoms in total. The van der Waals surface area contributed by atoms with Gasteiger partial charge in [-0.25, -0.2) is 0 Å². The van der Waals surface area contributed by atoms with Crippen LogP contribution in [-0.4, -0.2) is 6.04 Å². The summed E-state index contributed by atoms with van der Waals surface area (Å²) in [4.78, 5) is 0. The van der Waals surface area contributed by atoms with Crippen LogP contribution in [0.4, 0.5) is 0 Å². The minimum atomic E-state index is 0.484. The molecule has 0 saturated heterocycles. The van der Waals surface area contributed by atoms with E-state index >= 15 is 0 Å². The number of fused-ring (bicyclic) bond motifs is 5. The lowest BCUT2D eigenvalue weighted by molar-refractivity contribution is 0.0495. The van der Waals surface area contributed by atoms with Gasteiger partial charge in [-0.2, -0.15) is 0 Å². The topological polar surface area (TPSA) is 26.0 Å². The average molecular weight is 181 g/mol. The predicted molar refractivity (Wildman–Crippen MR) is 56.4 cm³/mol. The van der Waals surface area contributed by atoms with Crippen LogP contribution in [0.5, 0.6) is 0 Å². The molecule has 2 N–H and O–H groups in total. The van der Waals surface area contributed by atoms with E-state index in [9.17, 15) is 0 Å². The smallest absolute Gasteiger partial charge is 0.00414 e. The van der Waals surface area contributed by atoms with Crippen LogP contribution in [-0.2, 0) is 0 Å². The molecular weight excluding hydrogens is 158 g/mol. The third-order valence-corrected chi connectivity index (χ3v) is 4.06. The van der Waals surface area contributed by atoms with Gasteiger partial charge in [0.25, 0.3) is 0 Å². The largest absolute Gasteiger partial charge is 0.328 e. The summed E-state index contributed by atoms with van der Waals surface area (Å²) in [5.74, 6) is 1.86. The van der Waals surface area contributed by atoms with Gasteiger partial charge >= 0.3 is 0 Å². The van der Waals surface area contributed by atoms with E-state index in [0.29, 0.717) is 11.5 Å². The molecule has 3 fully saturated rings. The maximum absolute atomic E-state index is 6.09. The molecule has 0 spiro atoms. The molecule has 0 aromatic carbocycles. The van der Waals surface area contributed by atoms with Crippen molar-refractivity contribution < 1.29 is 0 Å². The second kappa shape index (κ2) is 3.27. The third kappa shape index (κ3) is 2.07. The summed E-state index contributed by atoms with van der Waals surface area (Å²) in [7, 11) is 0. The molecule has 3 saturated carbocycles. The first kappa shape index (κ1) is 9.51. The molecule has 0 radical (unpaired) electrons. The Hall–Kier alpha value is -0.0400. The van der Waals surface area contributed by atoms with Gasteiger partial charge in [0.1, 0.15) is 0 Å². The van der Waals surface area contributed by atoms with Crippen LogP contribution in [0.25, 0.3) is 0 Å². The quantitative estimate of drug-likeness (QED) is 0.611. The fourth-order valence-electron chi connectivity index (χ4n) is 3.71. The molecule has 0 amide bonds.